The molecule has 1 fully saturated rings. The van der Waals surface area contributed by atoms with Crippen LogP contribution in [0.4, 0.5) is 9.93 Å². The van der Waals surface area contributed by atoms with Gasteiger partial charge in [0.15, 0.2) is 16.9 Å². The fraction of sp³-hybridized carbons (Fsp3) is 0.196. The lowest BCUT2D eigenvalue weighted by atomic mass is 9.80. The van der Waals surface area contributed by atoms with Crippen molar-refractivity contribution in [3.05, 3.63) is 202 Å². The highest BCUT2D eigenvalue weighted by Crippen LogP contribution is 2.43. The summed E-state index contributed by atoms with van der Waals surface area (Å²) in [5.41, 5.74) is 1.51. The molecule has 334 valence electrons. The number of thiazole rings is 1. The van der Waals surface area contributed by atoms with Crippen molar-refractivity contribution in [3.8, 4) is 0 Å². The number of esters is 1. The number of fused-ring (bicyclic) bond motifs is 1. The van der Waals surface area contributed by atoms with Crippen molar-refractivity contribution < 1.29 is 38.3 Å². The van der Waals surface area contributed by atoms with Crippen LogP contribution in [-0.2, 0) is 39.1 Å². The average molecular weight is 920 g/mol. The van der Waals surface area contributed by atoms with E-state index in [0.717, 1.165) is 11.3 Å². The number of ether oxygens (including phenoxy) is 2. The molecule has 2 N–H and O–H groups in total. The summed E-state index contributed by atoms with van der Waals surface area (Å²) in [5.74, 6) is -1.97. The van der Waals surface area contributed by atoms with Crippen LogP contribution in [0.1, 0.15) is 66.8 Å². The number of rotatable bonds is 15. The van der Waals surface area contributed by atoms with Crippen molar-refractivity contribution in [1.82, 2.24) is 15.2 Å². The SMILES string of the molecule is CC(C)(C)OC(=O)Nc1nc(C(=NOC(c2ccccc2)(c2ccccc2)c2ccccc2)C(=O)NC2C(=O)N3C(C(=O)OC(c4ccccc4)c4ccccc4)=C(CC=O)CSC23)cs1. The molecule has 66 heavy (non-hydrogen) atoms. The Morgan fingerprint density at radius 2 is 1.32 bits per heavy atom. The smallest absolute Gasteiger partial charge is 0.413 e. The van der Waals surface area contributed by atoms with Crippen LogP contribution >= 0.6 is 23.1 Å². The topological polar surface area (TPSA) is 166 Å². The molecular weight excluding hydrogens is 875 g/mol. The number of benzene rings is 5. The lowest BCUT2D eigenvalue weighted by Gasteiger charge is -2.49. The monoisotopic (exact) mass is 919 g/mol. The Kier molecular flexibility index (Phi) is 13.6. The third kappa shape index (κ3) is 9.67. The molecule has 5 aromatic carbocycles. The van der Waals surface area contributed by atoms with Crippen LogP contribution in [-0.4, -0.2) is 68.5 Å². The molecule has 1 aromatic heterocycles. The number of nitrogens with one attached hydrogen (secondary N) is 2. The summed E-state index contributed by atoms with van der Waals surface area (Å²) in [6, 6.07) is 45.7. The molecule has 2 aliphatic heterocycles. The Labute approximate surface area is 389 Å². The first-order valence-corrected chi connectivity index (χ1v) is 23.0. The molecule has 2 unspecified atom stereocenters. The van der Waals surface area contributed by atoms with Gasteiger partial charge in [-0.05, 0) is 37.5 Å². The number of aldehydes is 1. The molecule has 0 aliphatic carbocycles. The number of hydrogen-bond acceptors (Lipinski definition) is 12. The Balaban J connectivity index is 1.13. The number of thioether (sulfide) groups is 1. The van der Waals surface area contributed by atoms with E-state index in [9.17, 15) is 24.0 Å². The molecule has 2 aliphatic rings. The zero-order valence-electron chi connectivity index (χ0n) is 36.2. The molecule has 13 nitrogen and oxygen atoms in total. The third-order valence-electron chi connectivity index (χ3n) is 10.7. The van der Waals surface area contributed by atoms with Crippen molar-refractivity contribution in [3.63, 3.8) is 0 Å². The fourth-order valence-corrected chi connectivity index (χ4v) is 9.75. The Hall–Kier alpha value is -7.36. The number of oxime groups is 1. The molecule has 2 atom stereocenters. The quantitative estimate of drug-likeness (QED) is 0.0254. The molecule has 0 spiro atoms. The summed E-state index contributed by atoms with van der Waals surface area (Å²) in [5, 5.41) is 11.0. The lowest BCUT2D eigenvalue weighted by Crippen LogP contribution is -2.71. The van der Waals surface area contributed by atoms with E-state index >= 15 is 0 Å². The minimum absolute atomic E-state index is 0.0360. The highest BCUT2D eigenvalue weighted by molar-refractivity contribution is 8.00. The third-order valence-corrected chi connectivity index (χ3v) is 12.8. The van der Waals surface area contributed by atoms with Gasteiger partial charge in [-0.25, -0.2) is 14.6 Å². The van der Waals surface area contributed by atoms with Gasteiger partial charge in [-0.2, -0.15) is 0 Å². The predicted octanol–water partition coefficient (Wildman–Crippen LogP) is 8.78. The molecule has 6 aromatic rings. The zero-order chi connectivity index (χ0) is 46.3. The lowest BCUT2D eigenvalue weighted by molar-refractivity contribution is -0.154. The molecule has 3 amide bonds. The van der Waals surface area contributed by atoms with Crippen molar-refractivity contribution in [2.24, 2.45) is 5.16 Å². The molecule has 3 heterocycles. The van der Waals surface area contributed by atoms with Crippen LogP contribution in [0.3, 0.4) is 0 Å². The first kappa shape index (κ1) is 45.2. The van der Waals surface area contributed by atoms with E-state index < -0.39 is 52.6 Å². The molecule has 0 bridgehead atoms. The van der Waals surface area contributed by atoms with Crippen molar-refractivity contribution in [2.75, 3.05) is 11.1 Å². The second-order valence-corrected chi connectivity index (χ2v) is 18.2. The van der Waals surface area contributed by atoms with E-state index in [2.05, 4.69) is 20.8 Å². The number of nitrogens with zero attached hydrogens (tertiary/aromatic N) is 3. The fourth-order valence-electron chi connectivity index (χ4n) is 7.71. The first-order valence-electron chi connectivity index (χ1n) is 21.1. The van der Waals surface area contributed by atoms with Crippen molar-refractivity contribution >= 4 is 64.1 Å². The number of carbonyl (C=O) groups is 5. The number of amides is 3. The largest absolute Gasteiger partial charge is 0.448 e. The van der Waals surface area contributed by atoms with Gasteiger partial charge in [-0.1, -0.05) is 157 Å². The number of β-lactam (4-membered cyclic amide) rings is 1. The van der Waals surface area contributed by atoms with Crippen LogP contribution in [0.15, 0.2) is 173 Å². The molecular formula is C51H45N5O8S2. The average Bonchev–Trinajstić information content (AvgIpc) is 3.79. The Bertz CT molecular complexity index is 2630. The van der Waals surface area contributed by atoms with Crippen LogP contribution in [0, 0.1) is 0 Å². The molecule has 0 saturated carbocycles. The van der Waals surface area contributed by atoms with E-state index in [4.69, 9.17) is 14.3 Å². The summed E-state index contributed by atoms with van der Waals surface area (Å²) in [6.45, 7) is 5.19. The molecule has 1 saturated heterocycles. The minimum atomic E-state index is -1.39. The number of hydrogen-bond donors (Lipinski definition) is 2. The summed E-state index contributed by atoms with van der Waals surface area (Å²) < 4.78 is 11.6. The van der Waals surface area contributed by atoms with Crippen LogP contribution in [0.5, 0.6) is 0 Å². The van der Waals surface area contributed by atoms with Crippen molar-refractivity contribution in [1.29, 1.82) is 0 Å². The van der Waals surface area contributed by atoms with Gasteiger partial charge < -0.3 is 24.4 Å². The predicted molar refractivity (Wildman–Crippen MR) is 252 cm³/mol. The van der Waals surface area contributed by atoms with Crippen LogP contribution in [0.2, 0.25) is 0 Å². The highest BCUT2D eigenvalue weighted by Gasteiger charge is 2.55. The molecule has 15 heteroatoms. The number of carbonyl (C=O) groups excluding carboxylic acids is 5. The van der Waals surface area contributed by atoms with E-state index in [1.165, 1.54) is 22.0 Å². The maximum Gasteiger partial charge on any atom is 0.413 e. The summed E-state index contributed by atoms with van der Waals surface area (Å²) in [4.78, 5) is 80.6. The Morgan fingerprint density at radius 1 is 0.803 bits per heavy atom. The molecule has 0 radical (unpaired) electrons. The second kappa shape index (κ2) is 19.8. The summed E-state index contributed by atoms with van der Waals surface area (Å²) in [6.07, 6.45) is -0.979. The van der Waals surface area contributed by atoms with Crippen LogP contribution < -0.4 is 10.6 Å². The summed E-state index contributed by atoms with van der Waals surface area (Å²) >= 11 is 2.33. The van der Waals surface area contributed by atoms with Gasteiger partial charge in [0, 0.05) is 34.2 Å². The molecule has 8 rings (SSSR count). The van der Waals surface area contributed by atoms with Gasteiger partial charge in [-0.15, -0.1) is 23.1 Å². The van der Waals surface area contributed by atoms with Gasteiger partial charge in [0.1, 0.15) is 34.7 Å². The van der Waals surface area contributed by atoms with Gasteiger partial charge in [-0.3, -0.25) is 19.8 Å². The highest BCUT2D eigenvalue weighted by atomic mass is 32.2. The van der Waals surface area contributed by atoms with Gasteiger partial charge in [0.25, 0.3) is 11.8 Å². The minimum Gasteiger partial charge on any atom is -0.448 e. The van der Waals surface area contributed by atoms with E-state index in [1.54, 1.807) is 20.8 Å². The van der Waals surface area contributed by atoms with E-state index in [1.807, 2.05) is 152 Å². The van der Waals surface area contributed by atoms with E-state index in [0.29, 0.717) is 39.7 Å². The number of aromatic nitrogens is 1. The summed E-state index contributed by atoms with van der Waals surface area (Å²) in [7, 11) is 0. The van der Waals surface area contributed by atoms with Gasteiger partial charge in [0.05, 0.1) is 0 Å². The standard InChI is InChI=1S/C51H45N5O8S2/c1-50(2,3)63-49(61)54-48-52-39(32-66-48)40(55-64-51(36-23-13-6-14-24-36,37-25-15-7-16-26-37)38-27-17-8-18-28-38)44(58)53-41-45(59)56-42(35(29-30-57)31-65-46(41)56)47(60)62-43(33-19-9-4-10-20-33)34-21-11-5-12-22-34/h4-28,30,32,41,43,46H,29,31H2,1-3H3,(H,53,58)(H,52,54,61). The first-order chi connectivity index (χ1) is 32.0. The normalized spacial score (nSPS) is 16.2. The Morgan fingerprint density at radius 3 is 1.82 bits per heavy atom. The van der Waals surface area contributed by atoms with Crippen LogP contribution in [0.25, 0.3) is 0 Å². The maximum atomic E-state index is 14.8. The second-order valence-electron chi connectivity index (χ2n) is 16.3. The maximum absolute atomic E-state index is 14.8. The van der Waals surface area contributed by atoms with Gasteiger partial charge in [0.2, 0.25) is 5.60 Å². The van der Waals surface area contributed by atoms with Crippen molar-refractivity contribution in [2.45, 2.75) is 55.9 Å². The van der Waals surface area contributed by atoms with E-state index in [-0.39, 0.29) is 34.4 Å². The zero-order valence-corrected chi connectivity index (χ0v) is 37.8. The van der Waals surface area contributed by atoms with Gasteiger partial charge >= 0.3 is 12.1 Å². The number of anilines is 1.